The number of hydrogen-bond donors (Lipinski definition) is 2. The maximum Gasteiger partial charge on any atom is 0.244 e. The van der Waals surface area contributed by atoms with Crippen molar-refractivity contribution in [2.75, 3.05) is 0 Å². The fraction of sp³-hybridized carbons (Fsp3) is 0.667. The predicted molar refractivity (Wildman–Crippen MR) is 52.0 cm³/mol. The molecule has 0 aliphatic carbocycles. The molecule has 0 fully saturated rings. The molecule has 0 heterocycles. The molecule has 0 radical (unpaired) electrons. The van der Waals surface area contributed by atoms with Crippen molar-refractivity contribution in [2.24, 2.45) is 11.7 Å². The Morgan fingerprint density at radius 2 is 2.00 bits per heavy atom. The molecule has 0 aliphatic rings. The van der Waals surface area contributed by atoms with E-state index < -0.39 is 0 Å². The number of nitrogens with two attached hydrogens (primary N) is 1. The van der Waals surface area contributed by atoms with Crippen LogP contribution in [0.5, 0.6) is 0 Å². The summed E-state index contributed by atoms with van der Waals surface area (Å²) < 4.78 is 0. The second-order valence-electron chi connectivity index (χ2n) is 3.22. The summed E-state index contributed by atoms with van der Waals surface area (Å²) >= 11 is 0. The number of amides is 1. The molecule has 0 spiro atoms. The highest BCUT2D eigenvalue weighted by Gasteiger charge is 1.96. The van der Waals surface area contributed by atoms with Gasteiger partial charge >= 0.3 is 0 Å². The van der Waals surface area contributed by atoms with Crippen molar-refractivity contribution in [3.05, 3.63) is 11.6 Å². The van der Waals surface area contributed by atoms with Crippen LogP contribution >= 0.6 is 0 Å². The van der Waals surface area contributed by atoms with Gasteiger partial charge in [-0.15, -0.1) is 0 Å². The van der Waals surface area contributed by atoms with Gasteiger partial charge in [0.1, 0.15) is 0 Å². The number of allylic oxidation sites excluding steroid dienone is 1. The van der Waals surface area contributed by atoms with Crippen LogP contribution in [0.25, 0.3) is 0 Å². The molecule has 0 saturated heterocycles. The minimum Gasteiger partial charge on any atom is -0.366 e. The van der Waals surface area contributed by atoms with Crippen molar-refractivity contribution in [1.29, 1.82) is 0 Å². The number of rotatable bonds is 4. The number of carbonyl (C=O) groups excluding carboxylic acids is 1. The highest BCUT2D eigenvalue weighted by molar-refractivity contribution is 5.91. The molecule has 0 aromatic heterocycles. The van der Waals surface area contributed by atoms with Gasteiger partial charge in [0.05, 0.1) is 0 Å². The minimum atomic E-state index is -0.311. The second-order valence-corrected chi connectivity index (χ2v) is 3.22. The van der Waals surface area contributed by atoms with E-state index in [2.05, 4.69) is 13.8 Å². The van der Waals surface area contributed by atoms with Gasteiger partial charge in [-0.2, -0.15) is 0 Å². The Balaban J connectivity index is 0. The zero-order valence-electron chi connectivity index (χ0n) is 8.26. The fourth-order valence-electron chi connectivity index (χ4n) is 0.734. The van der Waals surface area contributed by atoms with Crippen molar-refractivity contribution in [3.63, 3.8) is 0 Å². The van der Waals surface area contributed by atoms with E-state index in [1.807, 2.05) is 6.08 Å². The van der Waals surface area contributed by atoms with Crippen LogP contribution in [0.15, 0.2) is 11.6 Å². The highest BCUT2D eigenvalue weighted by atomic mass is 16.1. The van der Waals surface area contributed by atoms with Crippen LogP contribution in [0.2, 0.25) is 0 Å². The van der Waals surface area contributed by atoms with Gasteiger partial charge in [-0.3, -0.25) is 4.79 Å². The molecule has 3 heteroatoms. The normalized spacial score (nSPS) is 11.2. The summed E-state index contributed by atoms with van der Waals surface area (Å²) in [5.74, 6) is 0.376. The van der Waals surface area contributed by atoms with Gasteiger partial charge in [-0.1, -0.05) is 19.9 Å². The fourth-order valence-corrected chi connectivity index (χ4v) is 0.734. The van der Waals surface area contributed by atoms with E-state index in [1.165, 1.54) is 0 Å². The van der Waals surface area contributed by atoms with Crippen LogP contribution in [0.1, 0.15) is 33.6 Å². The van der Waals surface area contributed by atoms with Crippen LogP contribution in [0.4, 0.5) is 0 Å². The Bertz CT molecular complexity index is 162. The maximum absolute atomic E-state index is 10.5. The van der Waals surface area contributed by atoms with E-state index in [1.54, 1.807) is 6.92 Å². The van der Waals surface area contributed by atoms with E-state index >= 15 is 0 Å². The Labute approximate surface area is 74.6 Å². The first-order chi connectivity index (χ1) is 5.04. The predicted octanol–water partition coefficient (Wildman–Crippen LogP) is 2.02. The first-order valence-electron chi connectivity index (χ1n) is 4.00. The lowest BCUT2D eigenvalue weighted by Gasteiger charge is -2.00. The summed E-state index contributed by atoms with van der Waals surface area (Å²) in [6.45, 7) is 6.07. The second kappa shape index (κ2) is 6.85. The third-order valence-electron chi connectivity index (χ3n) is 1.58. The number of primary amides is 1. The molecule has 0 aromatic carbocycles. The molecule has 3 nitrogen and oxygen atoms in total. The Morgan fingerprint density at radius 1 is 1.50 bits per heavy atom. The molecular formula is C9H20N2O. The van der Waals surface area contributed by atoms with Crippen molar-refractivity contribution in [2.45, 2.75) is 33.6 Å². The van der Waals surface area contributed by atoms with E-state index in [0.29, 0.717) is 11.5 Å². The summed E-state index contributed by atoms with van der Waals surface area (Å²) in [7, 11) is 0. The average molecular weight is 172 g/mol. The summed E-state index contributed by atoms with van der Waals surface area (Å²) in [4.78, 5) is 10.5. The van der Waals surface area contributed by atoms with Crippen LogP contribution in [-0.2, 0) is 4.79 Å². The molecule has 0 atom stereocenters. The van der Waals surface area contributed by atoms with Crippen LogP contribution < -0.4 is 11.9 Å². The molecule has 5 N–H and O–H groups in total. The molecule has 0 aliphatic heterocycles. The number of hydrogen-bond acceptors (Lipinski definition) is 2. The maximum atomic E-state index is 10.5. The van der Waals surface area contributed by atoms with Crippen LogP contribution in [0, 0.1) is 5.92 Å². The molecule has 0 unspecified atom stereocenters. The zero-order chi connectivity index (χ0) is 8.85. The highest BCUT2D eigenvalue weighted by Crippen LogP contribution is 2.05. The van der Waals surface area contributed by atoms with Crippen molar-refractivity contribution >= 4 is 5.91 Å². The van der Waals surface area contributed by atoms with Gasteiger partial charge in [-0.05, 0) is 25.7 Å². The molecule has 12 heavy (non-hydrogen) atoms. The Kier molecular flexibility index (Phi) is 7.85. The lowest BCUT2D eigenvalue weighted by molar-refractivity contribution is -0.114. The summed E-state index contributed by atoms with van der Waals surface area (Å²) in [6.07, 6.45) is 3.97. The molecular weight excluding hydrogens is 152 g/mol. The summed E-state index contributed by atoms with van der Waals surface area (Å²) in [5.41, 5.74) is 5.72. The topological polar surface area (TPSA) is 78.1 Å². The number of carbonyl (C=O) groups is 1. The van der Waals surface area contributed by atoms with Crippen molar-refractivity contribution in [3.8, 4) is 0 Å². The lowest BCUT2D eigenvalue weighted by Crippen LogP contribution is -2.11. The SMILES string of the molecule is CC(=CCCC(C)C)C(N)=O.N. The Hall–Kier alpha value is -0.830. The van der Waals surface area contributed by atoms with Crippen LogP contribution in [-0.4, -0.2) is 5.91 Å². The molecule has 72 valence electrons. The first-order valence-corrected chi connectivity index (χ1v) is 4.00. The monoisotopic (exact) mass is 172 g/mol. The van der Waals surface area contributed by atoms with Crippen molar-refractivity contribution < 1.29 is 4.79 Å². The van der Waals surface area contributed by atoms with Gasteiger partial charge in [0.15, 0.2) is 0 Å². The standard InChI is InChI=1S/C9H17NO.H3N/c1-7(2)5-4-6-8(3)9(10)11;/h6-7H,4-5H2,1-3H3,(H2,10,11);1H3. The Morgan fingerprint density at radius 3 is 2.33 bits per heavy atom. The first kappa shape index (κ1) is 13.7. The van der Waals surface area contributed by atoms with Gasteiger partial charge in [0.2, 0.25) is 5.91 Å². The van der Waals surface area contributed by atoms with Gasteiger partial charge < -0.3 is 11.9 Å². The van der Waals surface area contributed by atoms with Gasteiger partial charge in [0.25, 0.3) is 0 Å². The van der Waals surface area contributed by atoms with E-state index in [0.717, 1.165) is 12.8 Å². The summed E-state index contributed by atoms with van der Waals surface area (Å²) in [6, 6.07) is 0. The molecule has 0 rings (SSSR count). The third kappa shape index (κ3) is 7.28. The molecule has 0 bridgehead atoms. The van der Waals surface area contributed by atoms with Crippen LogP contribution in [0.3, 0.4) is 0 Å². The largest absolute Gasteiger partial charge is 0.366 e. The minimum absolute atomic E-state index is 0. The van der Waals surface area contributed by atoms with E-state index in [-0.39, 0.29) is 12.1 Å². The van der Waals surface area contributed by atoms with Gasteiger partial charge in [0, 0.05) is 5.57 Å². The van der Waals surface area contributed by atoms with E-state index in [4.69, 9.17) is 5.73 Å². The van der Waals surface area contributed by atoms with Crippen molar-refractivity contribution in [1.82, 2.24) is 6.15 Å². The molecule has 0 saturated carbocycles. The molecule has 0 aromatic rings. The average Bonchev–Trinajstić information content (AvgIpc) is 1.86. The smallest absolute Gasteiger partial charge is 0.244 e. The lowest BCUT2D eigenvalue weighted by atomic mass is 10.1. The van der Waals surface area contributed by atoms with E-state index in [9.17, 15) is 4.79 Å². The molecule has 1 amide bonds. The zero-order valence-corrected chi connectivity index (χ0v) is 8.26. The summed E-state index contributed by atoms with van der Waals surface area (Å²) in [5, 5.41) is 0. The quantitative estimate of drug-likeness (QED) is 0.636. The van der Waals surface area contributed by atoms with Gasteiger partial charge in [-0.25, -0.2) is 0 Å². The third-order valence-corrected chi connectivity index (χ3v) is 1.58.